The van der Waals surface area contributed by atoms with Gasteiger partial charge in [0.25, 0.3) is 0 Å². The number of carboxylic acid groups (broad SMARTS) is 1. The maximum atomic E-state index is 11.3. The molecule has 78 valence electrons. The molecule has 0 radical (unpaired) electrons. The molecule has 0 aromatic carbocycles. The molecule has 6 heteroatoms. The predicted octanol–water partition coefficient (Wildman–Crippen LogP) is 0.672. The lowest BCUT2D eigenvalue weighted by Crippen LogP contribution is -2.25. The third kappa shape index (κ3) is 5.03. The summed E-state index contributed by atoms with van der Waals surface area (Å²) in [7, 11) is -3.72. The van der Waals surface area contributed by atoms with E-state index in [9.17, 15) is 14.3 Å². The molecule has 0 spiro atoms. The van der Waals surface area contributed by atoms with Crippen LogP contribution in [0.3, 0.4) is 0 Å². The molecule has 0 aliphatic heterocycles. The van der Waals surface area contributed by atoms with Crippen LogP contribution in [0.25, 0.3) is 0 Å². The summed E-state index contributed by atoms with van der Waals surface area (Å²) in [6.45, 7) is 3.72. The monoisotopic (exact) mass is 209 g/mol. The quantitative estimate of drug-likeness (QED) is 0.578. The summed E-state index contributed by atoms with van der Waals surface area (Å²) in [4.78, 5) is 19.5. The van der Waals surface area contributed by atoms with Crippen LogP contribution in [-0.4, -0.2) is 27.9 Å². The molecular formula is C7H16NO4P. The molecule has 0 heterocycles. The highest BCUT2D eigenvalue weighted by Crippen LogP contribution is 2.45. The fraction of sp³-hybridized carbons (Fsp3) is 0.857. The third-order valence-corrected chi connectivity index (χ3v) is 3.56. The van der Waals surface area contributed by atoms with E-state index in [0.29, 0.717) is 6.42 Å². The second kappa shape index (κ2) is 4.74. The largest absolute Gasteiger partial charge is 0.481 e. The van der Waals surface area contributed by atoms with E-state index in [1.165, 1.54) is 0 Å². The zero-order chi connectivity index (χ0) is 10.6. The Balaban J connectivity index is 4.27. The lowest BCUT2D eigenvalue weighted by atomic mass is 10.1. The number of hydrogen-bond donors (Lipinski definition) is 3. The van der Waals surface area contributed by atoms with Gasteiger partial charge in [0.1, 0.15) is 6.16 Å². The zero-order valence-electron chi connectivity index (χ0n) is 7.80. The van der Waals surface area contributed by atoms with Crippen LogP contribution in [0.2, 0.25) is 0 Å². The van der Waals surface area contributed by atoms with E-state index in [1.807, 2.05) is 13.8 Å². The van der Waals surface area contributed by atoms with Gasteiger partial charge in [-0.05, 0) is 12.3 Å². The SMILES string of the molecule is CC(C)C[C@H](N)P(=O)(O)CC(=O)O. The van der Waals surface area contributed by atoms with Gasteiger partial charge in [-0.1, -0.05) is 13.8 Å². The van der Waals surface area contributed by atoms with Gasteiger partial charge in [0.05, 0.1) is 5.78 Å². The summed E-state index contributed by atoms with van der Waals surface area (Å²) in [6.07, 6.45) is -0.387. The normalized spacial score (nSPS) is 18.2. The van der Waals surface area contributed by atoms with Crippen LogP contribution >= 0.6 is 7.37 Å². The standard InChI is InChI=1S/C7H16NO4P/c1-5(2)3-6(8)13(11,12)4-7(9)10/h5-6H,3-4,8H2,1-2H3,(H,9,10)(H,11,12)/t6-/m1/s1. The van der Waals surface area contributed by atoms with Crippen molar-refractivity contribution in [1.82, 2.24) is 0 Å². The lowest BCUT2D eigenvalue weighted by molar-refractivity contribution is -0.134. The average molecular weight is 209 g/mol. The van der Waals surface area contributed by atoms with E-state index in [4.69, 9.17) is 10.8 Å². The van der Waals surface area contributed by atoms with Crippen molar-refractivity contribution in [2.75, 3.05) is 6.16 Å². The summed E-state index contributed by atoms with van der Waals surface area (Å²) in [5.74, 6) is -2.03. The number of carboxylic acids is 1. The van der Waals surface area contributed by atoms with E-state index >= 15 is 0 Å². The summed E-state index contributed by atoms with van der Waals surface area (Å²) >= 11 is 0. The molecule has 2 atom stereocenters. The lowest BCUT2D eigenvalue weighted by Gasteiger charge is -2.19. The van der Waals surface area contributed by atoms with Crippen molar-refractivity contribution in [3.63, 3.8) is 0 Å². The Morgan fingerprint density at radius 3 is 2.31 bits per heavy atom. The third-order valence-electron chi connectivity index (χ3n) is 1.59. The van der Waals surface area contributed by atoms with Gasteiger partial charge >= 0.3 is 5.97 Å². The number of hydrogen-bond acceptors (Lipinski definition) is 3. The van der Waals surface area contributed by atoms with Crippen LogP contribution in [0.5, 0.6) is 0 Å². The number of aliphatic carboxylic acids is 1. The van der Waals surface area contributed by atoms with Gasteiger partial charge in [-0.3, -0.25) is 9.36 Å². The highest BCUT2D eigenvalue weighted by molar-refractivity contribution is 7.59. The molecule has 5 nitrogen and oxygen atoms in total. The Kier molecular flexibility index (Phi) is 4.61. The fourth-order valence-electron chi connectivity index (χ4n) is 0.959. The van der Waals surface area contributed by atoms with E-state index in [-0.39, 0.29) is 5.92 Å². The Bertz CT molecular complexity index is 229. The molecule has 1 unspecified atom stereocenters. The molecule has 4 N–H and O–H groups in total. The van der Waals surface area contributed by atoms with Gasteiger partial charge in [-0.15, -0.1) is 0 Å². The van der Waals surface area contributed by atoms with Crippen LogP contribution in [0.15, 0.2) is 0 Å². The van der Waals surface area contributed by atoms with Gasteiger partial charge in [-0.25, -0.2) is 0 Å². The Hall–Kier alpha value is -0.380. The highest BCUT2D eigenvalue weighted by Gasteiger charge is 2.30. The second-order valence-corrected chi connectivity index (χ2v) is 6.00. The van der Waals surface area contributed by atoms with Crippen LogP contribution in [0.4, 0.5) is 0 Å². The molecule has 0 aliphatic carbocycles. The van der Waals surface area contributed by atoms with Crippen LogP contribution < -0.4 is 5.73 Å². The summed E-state index contributed by atoms with van der Waals surface area (Å²) in [6, 6.07) is 0. The fourth-order valence-corrected chi connectivity index (χ4v) is 2.33. The Labute approximate surface area is 77.4 Å². The van der Waals surface area contributed by atoms with Crippen molar-refractivity contribution >= 4 is 13.3 Å². The Morgan fingerprint density at radius 2 is 2.00 bits per heavy atom. The first-order valence-corrected chi connectivity index (χ1v) is 5.96. The molecule has 0 amide bonds. The maximum Gasteiger partial charge on any atom is 0.313 e. The van der Waals surface area contributed by atoms with Crippen molar-refractivity contribution < 1.29 is 19.4 Å². The van der Waals surface area contributed by atoms with Crippen molar-refractivity contribution in [2.24, 2.45) is 11.7 Å². The molecule has 0 aliphatic rings. The van der Waals surface area contributed by atoms with Crippen LogP contribution in [0.1, 0.15) is 20.3 Å². The van der Waals surface area contributed by atoms with E-state index in [2.05, 4.69) is 0 Å². The molecule has 0 saturated carbocycles. The minimum atomic E-state index is -3.72. The first-order valence-electron chi connectivity index (χ1n) is 4.04. The van der Waals surface area contributed by atoms with Crippen LogP contribution in [0, 0.1) is 5.92 Å². The molecule has 0 aromatic heterocycles. The van der Waals surface area contributed by atoms with Crippen molar-refractivity contribution in [2.45, 2.75) is 26.1 Å². The minimum Gasteiger partial charge on any atom is -0.481 e. The van der Waals surface area contributed by atoms with Crippen molar-refractivity contribution in [3.8, 4) is 0 Å². The topological polar surface area (TPSA) is 101 Å². The molecule has 0 bridgehead atoms. The van der Waals surface area contributed by atoms with Gasteiger partial charge in [0.2, 0.25) is 7.37 Å². The maximum absolute atomic E-state index is 11.3. The number of carbonyl (C=O) groups is 1. The second-order valence-electron chi connectivity index (χ2n) is 3.50. The van der Waals surface area contributed by atoms with E-state index < -0.39 is 25.3 Å². The van der Waals surface area contributed by atoms with Gasteiger partial charge in [0, 0.05) is 0 Å². The first-order chi connectivity index (χ1) is 5.75. The first kappa shape index (κ1) is 12.6. The van der Waals surface area contributed by atoms with Gasteiger partial charge in [-0.2, -0.15) is 0 Å². The Morgan fingerprint density at radius 1 is 1.54 bits per heavy atom. The molecule has 0 rings (SSSR count). The minimum absolute atomic E-state index is 0.185. The summed E-state index contributed by atoms with van der Waals surface area (Å²) in [5, 5.41) is 8.34. The van der Waals surface area contributed by atoms with Gasteiger partial charge in [0.15, 0.2) is 0 Å². The van der Waals surface area contributed by atoms with Crippen molar-refractivity contribution in [3.05, 3.63) is 0 Å². The number of rotatable bonds is 5. The van der Waals surface area contributed by atoms with E-state index in [0.717, 1.165) is 0 Å². The zero-order valence-corrected chi connectivity index (χ0v) is 8.70. The molecule has 0 fully saturated rings. The van der Waals surface area contributed by atoms with Crippen molar-refractivity contribution in [1.29, 1.82) is 0 Å². The summed E-state index contributed by atoms with van der Waals surface area (Å²) in [5.41, 5.74) is 5.42. The highest BCUT2D eigenvalue weighted by atomic mass is 31.2. The summed E-state index contributed by atoms with van der Waals surface area (Å²) < 4.78 is 11.3. The van der Waals surface area contributed by atoms with E-state index in [1.54, 1.807) is 0 Å². The predicted molar refractivity (Wildman–Crippen MR) is 49.8 cm³/mol. The molecule has 0 saturated heterocycles. The van der Waals surface area contributed by atoms with Gasteiger partial charge < -0.3 is 15.7 Å². The van der Waals surface area contributed by atoms with Crippen LogP contribution in [-0.2, 0) is 9.36 Å². The smallest absolute Gasteiger partial charge is 0.313 e. The average Bonchev–Trinajstić information content (AvgIpc) is 1.81. The molecule has 0 aromatic rings. The number of nitrogens with two attached hydrogens (primary N) is 1. The molecule has 13 heavy (non-hydrogen) atoms. The molecular weight excluding hydrogens is 193 g/mol.